The minimum atomic E-state index is -0.0683. The van der Waals surface area contributed by atoms with Gasteiger partial charge in [-0.1, -0.05) is 19.1 Å². The normalized spacial score (nSPS) is 19.5. The van der Waals surface area contributed by atoms with Gasteiger partial charge in [-0.3, -0.25) is 4.79 Å². The lowest BCUT2D eigenvalue weighted by Crippen LogP contribution is -2.36. The average Bonchev–Trinajstić information content (AvgIpc) is 3.27. The van der Waals surface area contributed by atoms with Crippen LogP contribution in [0.4, 0.5) is 0 Å². The molecule has 0 amide bonds. The van der Waals surface area contributed by atoms with E-state index >= 15 is 0 Å². The summed E-state index contributed by atoms with van der Waals surface area (Å²) in [5.74, 6) is 0.476. The third-order valence-electron chi connectivity index (χ3n) is 5.19. The molecule has 1 aliphatic carbocycles. The summed E-state index contributed by atoms with van der Waals surface area (Å²) in [5.41, 5.74) is 1.45. The van der Waals surface area contributed by atoms with Gasteiger partial charge in [-0.2, -0.15) is 5.10 Å². The standard InChI is InChI=1S/C18H18N6OS/c1-9-4-13-14(20-8-19-13)5-11(9)7-24-18(25)15-12(6-21-24)16-17(23(15)3)22-10(2)26-16/h4-6,8-9,11H,7H2,1-3H3,(H,19,20). The van der Waals surface area contributed by atoms with Gasteiger partial charge in [0.1, 0.15) is 5.52 Å². The molecular formula is C18H18N6OS. The summed E-state index contributed by atoms with van der Waals surface area (Å²) < 4.78 is 4.49. The number of thiazole rings is 1. The molecule has 0 saturated carbocycles. The molecule has 2 atom stereocenters. The molecule has 1 N–H and O–H groups in total. The minimum absolute atomic E-state index is 0.0683. The fraction of sp³-hybridized carbons (Fsp3) is 0.333. The number of imidazole rings is 1. The Balaban J connectivity index is 1.63. The number of aromatic nitrogens is 6. The summed E-state index contributed by atoms with van der Waals surface area (Å²) in [7, 11) is 1.90. The number of fused-ring (bicyclic) bond motifs is 4. The Morgan fingerprint density at radius 1 is 1.35 bits per heavy atom. The van der Waals surface area contributed by atoms with Crippen LogP contribution in [0.1, 0.15) is 11.9 Å². The Morgan fingerprint density at radius 3 is 3.04 bits per heavy atom. The van der Waals surface area contributed by atoms with Crippen LogP contribution in [0.25, 0.3) is 33.4 Å². The average molecular weight is 366 g/mol. The Hall–Kier alpha value is -2.74. The Labute approximate surface area is 152 Å². The zero-order chi connectivity index (χ0) is 18.0. The molecule has 0 radical (unpaired) electrons. The number of aryl methyl sites for hydroxylation is 2. The first-order valence-electron chi connectivity index (χ1n) is 8.57. The first kappa shape index (κ1) is 15.5. The van der Waals surface area contributed by atoms with Gasteiger partial charge in [-0.05, 0) is 12.8 Å². The molecule has 0 aromatic carbocycles. The molecule has 5 rings (SSSR count). The molecular weight excluding hydrogens is 348 g/mol. The molecule has 4 aromatic heterocycles. The topological polar surface area (TPSA) is 81.4 Å². The van der Waals surface area contributed by atoms with Crippen LogP contribution in [0.15, 0.2) is 17.3 Å². The summed E-state index contributed by atoms with van der Waals surface area (Å²) in [6.07, 6.45) is 7.80. The van der Waals surface area contributed by atoms with E-state index in [1.807, 2.05) is 18.5 Å². The zero-order valence-corrected chi connectivity index (χ0v) is 15.5. The Morgan fingerprint density at radius 2 is 2.19 bits per heavy atom. The van der Waals surface area contributed by atoms with E-state index in [0.29, 0.717) is 18.0 Å². The van der Waals surface area contributed by atoms with E-state index in [1.165, 1.54) is 0 Å². The first-order valence-corrected chi connectivity index (χ1v) is 9.39. The van der Waals surface area contributed by atoms with Gasteiger partial charge in [-0.25, -0.2) is 14.6 Å². The van der Waals surface area contributed by atoms with Crippen molar-refractivity contribution in [2.75, 3.05) is 0 Å². The summed E-state index contributed by atoms with van der Waals surface area (Å²) >= 11 is 1.60. The van der Waals surface area contributed by atoms with E-state index in [1.54, 1.807) is 28.5 Å². The minimum Gasteiger partial charge on any atom is -0.345 e. The van der Waals surface area contributed by atoms with Gasteiger partial charge >= 0.3 is 0 Å². The fourth-order valence-corrected chi connectivity index (χ4v) is 4.73. The molecule has 132 valence electrons. The molecule has 0 bridgehead atoms. The lowest BCUT2D eigenvalue weighted by atomic mass is 9.90. The highest BCUT2D eigenvalue weighted by Gasteiger charge is 2.21. The SMILES string of the molecule is Cc1nc2c(s1)c1cnn(CC3C=c4nc[nH]c4=CC3C)c(=O)c1n2C. The van der Waals surface area contributed by atoms with Crippen molar-refractivity contribution in [1.82, 2.24) is 29.3 Å². The van der Waals surface area contributed by atoms with Crippen LogP contribution in [0.3, 0.4) is 0 Å². The van der Waals surface area contributed by atoms with E-state index in [0.717, 1.165) is 31.4 Å². The van der Waals surface area contributed by atoms with Crippen molar-refractivity contribution in [2.45, 2.75) is 20.4 Å². The molecule has 26 heavy (non-hydrogen) atoms. The second-order valence-corrected chi connectivity index (χ2v) is 8.10. The fourth-order valence-electron chi connectivity index (χ4n) is 3.76. The first-order chi connectivity index (χ1) is 12.5. The highest BCUT2D eigenvalue weighted by molar-refractivity contribution is 7.19. The molecule has 7 nitrogen and oxygen atoms in total. The molecule has 4 heterocycles. The highest BCUT2D eigenvalue weighted by atomic mass is 32.1. The second kappa shape index (κ2) is 5.38. The second-order valence-electron chi connectivity index (χ2n) is 6.90. The van der Waals surface area contributed by atoms with Crippen molar-refractivity contribution >= 4 is 44.7 Å². The van der Waals surface area contributed by atoms with Gasteiger partial charge in [0, 0.05) is 18.4 Å². The van der Waals surface area contributed by atoms with Crippen LogP contribution in [0.2, 0.25) is 0 Å². The molecule has 4 aromatic rings. The quantitative estimate of drug-likeness (QED) is 0.572. The van der Waals surface area contributed by atoms with E-state index in [2.05, 4.69) is 39.1 Å². The molecule has 0 aliphatic heterocycles. The molecule has 0 saturated heterocycles. The lowest BCUT2D eigenvalue weighted by Gasteiger charge is -2.20. The van der Waals surface area contributed by atoms with Gasteiger partial charge in [-0.15, -0.1) is 11.3 Å². The van der Waals surface area contributed by atoms with Crippen molar-refractivity contribution < 1.29 is 0 Å². The molecule has 8 heteroatoms. The number of nitrogens with zero attached hydrogens (tertiary/aromatic N) is 5. The largest absolute Gasteiger partial charge is 0.345 e. The molecule has 1 aliphatic rings. The van der Waals surface area contributed by atoms with Crippen molar-refractivity contribution in [3.8, 4) is 0 Å². The van der Waals surface area contributed by atoms with E-state index in [4.69, 9.17) is 0 Å². The van der Waals surface area contributed by atoms with Gasteiger partial charge in [0.05, 0.1) is 39.5 Å². The predicted molar refractivity (Wildman–Crippen MR) is 102 cm³/mol. The van der Waals surface area contributed by atoms with E-state index in [9.17, 15) is 4.79 Å². The van der Waals surface area contributed by atoms with Gasteiger partial charge in [0.15, 0.2) is 5.65 Å². The third kappa shape index (κ3) is 2.11. The summed E-state index contributed by atoms with van der Waals surface area (Å²) in [6.45, 7) is 4.66. The monoisotopic (exact) mass is 366 g/mol. The maximum absolute atomic E-state index is 13.1. The van der Waals surface area contributed by atoms with Crippen molar-refractivity contribution in [1.29, 1.82) is 0 Å². The van der Waals surface area contributed by atoms with Crippen LogP contribution in [-0.2, 0) is 13.6 Å². The zero-order valence-electron chi connectivity index (χ0n) is 14.7. The van der Waals surface area contributed by atoms with E-state index in [-0.39, 0.29) is 11.5 Å². The molecule has 0 fully saturated rings. The van der Waals surface area contributed by atoms with Crippen LogP contribution < -0.4 is 16.3 Å². The molecule has 0 spiro atoms. The maximum Gasteiger partial charge on any atom is 0.291 e. The summed E-state index contributed by atoms with van der Waals surface area (Å²) in [6, 6.07) is 0. The third-order valence-corrected chi connectivity index (χ3v) is 6.19. The van der Waals surface area contributed by atoms with Gasteiger partial charge < -0.3 is 9.55 Å². The van der Waals surface area contributed by atoms with Crippen molar-refractivity contribution in [2.24, 2.45) is 18.9 Å². The summed E-state index contributed by atoms with van der Waals surface area (Å²) in [5, 5.41) is 8.33. The van der Waals surface area contributed by atoms with Crippen molar-refractivity contribution in [3.05, 3.63) is 38.6 Å². The van der Waals surface area contributed by atoms with Crippen molar-refractivity contribution in [3.63, 3.8) is 0 Å². The number of nitrogens with one attached hydrogen (secondary N) is 1. The van der Waals surface area contributed by atoms with E-state index < -0.39 is 0 Å². The number of rotatable bonds is 2. The van der Waals surface area contributed by atoms with Crippen LogP contribution in [0, 0.1) is 18.8 Å². The number of hydrogen-bond donors (Lipinski definition) is 1. The predicted octanol–water partition coefficient (Wildman–Crippen LogP) is 0.903. The maximum atomic E-state index is 13.1. The smallest absolute Gasteiger partial charge is 0.291 e. The van der Waals surface area contributed by atoms with Gasteiger partial charge in [0.2, 0.25) is 0 Å². The number of H-pyrrole nitrogens is 1. The van der Waals surface area contributed by atoms with Crippen LogP contribution in [-0.4, -0.2) is 29.3 Å². The number of hydrogen-bond acceptors (Lipinski definition) is 5. The number of aromatic amines is 1. The van der Waals surface area contributed by atoms with Crippen LogP contribution in [0.5, 0.6) is 0 Å². The Bertz CT molecular complexity index is 1340. The Kier molecular flexibility index (Phi) is 3.21. The van der Waals surface area contributed by atoms with Gasteiger partial charge in [0.25, 0.3) is 5.56 Å². The highest BCUT2D eigenvalue weighted by Crippen LogP contribution is 2.30. The van der Waals surface area contributed by atoms with Crippen LogP contribution >= 0.6 is 11.3 Å². The summed E-state index contributed by atoms with van der Waals surface area (Å²) in [4.78, 5) is 25.1. The lowest BCUT2D eigenvalue weighted by molar-refractivity contribution is 0.432. The molecule has 2 unspecified atom stereocenters.